The van der Waals surface area contributed by atoms with E-state index in [-0.39, 0.29) is 12.5 Å². The van der Waals surface area contributed by atoms with Crippen LogP contribution in [0.1, 0.15) is 34.9 Å². The molecule has 1 atom stereocenters. The molecule has 0 spiro atoms. The first-order chi connectivity index (χ1) is 12.0. The van der Waals surface area contributed by atoms with Crippen molar-refractivity contribution in [3.05, 3.63) is 47.2 Å². The summed E-state index contributed by atoms with van der Waals surface area (Å²) >= 11 is 0. The quantitative estimate of drug-likeness (QED) is 0.722. The van der Waals surface area contributed by atoms with E-state index in [9.17, 15) is 5.11 Å². The normalized spacial score (nSPS) is 12.5. The molecule has 3 rings (SSSR count). The molecule has 2 N–H and O–H groups in total. The first-order valence-corrected chi connectivity index (χ1v) is 8.56. The number of rotatable bonds is 6. The molecule has 6 heteroatoms. The van der Waals surface area contributed by atoms with Gasteiger partial charge >= 0.3 is 0 Å². The van der Waals surface area contributed by atoms with Gasteiger partial charge in [-0.3, -0.25) is 0 Å². The van der Waals surface area contributed by atoms with Crippen LogP contribution in [-0.4, -0.2) is 37.8 Å². The number of imidazole rings is 1. The molecule has 0 aliphatic heterocycles. The lowest BCUT2D eigenvalue weighted by Crippen LogP contribution is -2.18. The van der Waals surface area contributed by atoms with Gasteiger partial charge in [-0.25, -0.2) is 15.0 Å². The lowest BCUT2D eigenvalue weighted by atomic mass is 10.0. The lowest BCUT2D eigenvalue weighted by molar-refractivity contribution is 0.275. The summed E-state index contributed by atoms with van der Waals surface area (Å²) in [5.74, 6) is 0.954. The highest BCUT2D eigenvalue weighted by Gasteiger charge is 2.16. The maximum Gasteiger partial charge on any atom is 0.148 e. The van der Waals surface area contributed by atoms with Crippen molar-refractivity contribution in [3.8, 4) is 0 Å². The van der Waals surface area contributed by atoms with Crippen molar-refractivity contribution in [3.63, 3.8) is 0 Å². The predicted octanol–water partition coefficient (Wildman–Crippen LogP) is 2.87. The van der Waals surface area contributed by atoms with Gasteiger partial charge in [0.2, 0.25) is 0 Å². The van der Waals surface area contributed by atoms with Crippen LogP contribution in [0.2, 0.25) is 0 Å². The van der Waals surface area contributed by atoms with Gasteiger partial charge in [0.1, 0.15) is 5.82 Å². The largest absolute Gasteiger partial charge is 0.396 e. The third-order valence-corrected chi connectivity index (χ3v) is 4.72. The van der Waals surface area contributed by atoms with Gasteiger partial charge in [-0.2, -0.15) is 0 Å². The number of aliphatic hydroxyl groups is 1. The van der Waals surface area contributed by atoms with E-state index in [2.05, 4.69) is 41.3 Å². The van der Waals surface area contributed by atoms with E-state index in [0.29, 0.717) is 13.0 Å². The Labute approximate surface area is 148 Å². The topological polar surface area (TPSA) is 75.9 Å². The second-order valence-electron chi connectivity index (χ2n) is 6.60. The Morgan fingerprint density at radius 1 is 1.12 bits per heavy atom. The lowest BCUT2D eigenvalue weighted by Gasteiger charge is -2.18. The zero-order chi connectivity index (χ0) is 18.0. The summed E-state index contributed by atoms with van der Waals surface area (Å²) in [4.78, 5) is 13.6. The molecule has 0 aliphatic rings. The Morgan fingerprint density at radius 3 is 2.40 bits per heavy atom. The van der Waals surface area contributed by atoms with Crippen molar-refractivity contribution >= 4 is 16.9 Å². The third kappa shape index (κ3) is 3.64. The molecule has 0 saturated carbocycles. The number of hydrogen-bond acceptors (Lipinski definition) is 5. The SMILES string of the molecule is Cc1cc2nc(C)c(NCC(CCO)c3cncn3C)nc2cc1C. The molecule has 2 heterocycles. The molecule has 0 amide bonds. The van der Waals surface area contributed by atoms with Crippen LogP contribution in [0.3, 0.4) is 0 Å². The van der Waals surface area contributed by atoms with Crippen molar-refractivity contribution in [1.82, 2.24) is 19.5 Å². The van der Waals surface area contributed by atoms with E-state index in [0.717, 1.165) is 28.2 Å². The number of nitrogens with zero attached hydrogens (tertiary/aromatic N) is 4. The van der Waals surface area contributed by atoms with Gasteiger partial charge in [-0.1, -0.05) is 0 Å². The number of benzene rings is 1. The number of aryl methyl sites for hydroxylation is 4. The predicted molar refractivity (Wildman–Crippen MR) is 99.9 cm³/mol. The Balaban J connectivity index is 1.85. The number of nitrogens with one attached hydrogen (secondary N) is 1. The number of aromatic nitrogens is 4. The van der Waals surface area contributed by atoms with E-state index in [4.69, 9.17) is 4.98 Å². The van der Waals surface area contributed by atoms with Gasteiger partial charge < -0.3 is 15.0 Å². The number of aliphatic hydroxyl groups excluding tert-OH is 1. The summed E-state index contributed by atoms with van der Waals surface area (Å²) in [5.41, 5.74) is 6.23. The number of fused-ring (bicyclic) bond motifs is 1. The Kier molecular flexibility index (Phi) is 4.99. The Bertz CT molecular complexity index is 887. The molecule has 0 fully saturated rings. The highest BCUT2D eigenvalue weighted by molar-refractivity contribution is 5.78. The minimum Gasteiger partial charge on any atom is -0.396 e. The molecule has 1 aromatic carbocycles. The molecule has 6 nitrogen and oxygen atoms in total. The van der Waals surface area contributed by atoms with Gasteiger partial charge in [0.05, 0.1) is 23.1 Å². The summed E-state index contributed by atoms with van der Waals surface area (Å²) in [6, 6.07) is 4.16. The summed E-state index contributed by atoms with van der Waals surface area (Å²) in [6.45, 7) is 6.95. The highest BCUT2D eigenvalue weighted by atomic mass is 16.3. The summed E-state index contributed by atoms with van der Waals surface area (Å²) in [6.07, 6.45) is 4.31. The highest BCUT2D eigenvalue weighted by Crippen LogP contribution is 2.23. The fourth-order valence-electron chi connectivity index (χ4n) is 3.06. The minimum absolute atomic E-state index is 0.137. The standard InChI is InChI=1S/C19H25N5O/c1-12-7-16-17(8-13(12)2)23-19(14(3)22-16)21-9-15(5-6-25)18-10-20-11-24(18)4/h7-8,10-11,15,25H,5-6,9H2,1-4H3,(H,21,23). The molecule has 3 aromatic rings. The van der Waals surface area contributed by atoms with Crippen LogP contribution >= 0.6 is 0 Å². The van der Waals surface area contributed by atoms with Gasteiger partial charge in [0.15, 0.2) is 0 Å². The molecule has 132 valence electrons. The molecular formula is C19H25N5O. The average molecular weight is 339 g/mol. The van der Waals surface area contributed by atoms with Crippen molar-refractivity contribution < 1.29 is 5.11 Å². The molecule has 2 aromatic heterocycles. The van der Waals surface area contributed by atoms with Crippen molar-refractivity contribution in [2.75, 3.05) is 18.5 Å². The third-order valence-electron chi connectivity index (χ3n) is 4.72. The van der Waals surface area contributed by atoms with Crippen LogP contribution in [0.25, 0.3) is 11.0 Å². The monoisotopic (exact) mass is 339 g/mol. The van der Waals surface area contributed by atoms with Crippen LogP contribution in [0, 0.1) is 20.8 Å². The molecule has 25 heavy (non-hydrogen) atoms. The van der Waals surface area contributed by atoms with Crippen LogP contribution < -0.4 is 5.32 Å². The van der Waals surface area contributed by atoms with Gasteiger partial charge in [0, 0.05) is 38.0 Å². The van der Waals surface area contributed by atoms with Crippen LogP contribution in [0.4, 0.5) is 5.82 Å². The zero-order valence-electron chi connectivity index (χ0n) is 15.2. The molecule has 1 unspecified atom stereocenters. The molecule has 0 radical (unpaired) electrons. The van der Waals surface area contributed by atoms with E-state index >= 15 is 0 Å². The Morgan fingerprint density at radius 2 is 1.80 bits per heavy atom. The zero-order valence-corrected chi connectivity index (χ0v) is 15.2. The second kappa shape index (κ2) is 7.19. The Hall–Kier alpha value is -2.47. The van der Waals surface area contributed by atoms with Gasteiger partial charge in [-0.05, 0) is 50.5 Å². The van der Waals surface area contributed by atoms with E-state index in [1.807, 2.05) is 24.7 Å². The molecule has 0 aliphatic carbocycles. The molecule has 0 bridgehead atoms. The fraction of sp³-hybridized carbons (Fsp3) is 0.421. The van der Waals surface area contributed by atoms with E-state index in [1.54, 1.807) is 6.33 Å². The maximum absolute atomic E-state index is 9.39. The first kappa shape index (κ1) is 17.4. The fourth-order valence-corrected chi connectivity index (χ4v) is 3.06. The molecule has 0 saturated heterocycles. The van der Waals surface area contributed by atoms with Gasteiger partial charge in [-0.15, -0.1) is 0 Å². The maximum atomic E-state index is 9.39. The first-order valence-electron chi connectivity index (χ1n) is 8.56. The smallest absolute Gasteiger partial charge is 0.148 e. The van der Waals surface area contributed by atoms with Crippen LogP contribution in [-0.2, 0) is 7.05 Å². The molecular weight excluding hydrogens is 314 g/mol. The summed E-state index contributed by atoms with van der Waals surface area (Å²) < 4.78 is 1.99. The summed E-state index contributed by atoms with van der Waals surface area (Å²) in [7, 11) is 1.97. The van der Waals surface area contributed by atoms with Crippen LogP contribution in [0.5, 0.6) is 0 Å². The number of hydrogen-bond donors (Lipinski definition) is 2. The average Bonchev–Trinajstić information content (AvgIpc) is 2.99. The summed E-state index contributed by atoms with van der Waals surface area (Å²) in [5, 5.41) is 12.8. The van der Waals surface area contributed by atoms with Gasteiger partial charge in [0.25, 0.3) is 0 Å². The van der Waals surface area contributed by atoms with E-state index < -0.39 is 0 Å². The minimum atomic E-state index is 0.137. The van der Waals surface area contributed by atoms with Crippen molar-refractivity contribution in [2.45, 2.75) is 33.1 Å². The van der Waals surface area contributed by atoms with Crippen molar-refractivity contribution in [1.29, 1.82) is 0 Å². The second-order valence-corrected chi connectivity index (χ2v) is 6.60. The van der Waals surface area contributed by atoms with Crippen LogP contribution in [0.15, 0.2) is 24.7 Å². The van der Waals surface area contributed by atoms with Crippen molar-refractivity contribution in [2.24, 2.45) is 7.05 Å². The number of anilines is 1. The van der Waals surface area contributed by atoms with E-state index in [1.165, 1.54) is 11.1 Å².